The van der Waals surface area contributed by atoms with E-state index in [1.165, 1.54) is 0 Å². The van der Waals surface area contributed by atoms with Gasteiger partial charge in [-0.1, -0.05) is 60.7 Å². The van der Waals surface area contributed by atoms with Gasteiger partial charge >= 0.3 is 0 Å². The Balaban J connectivity index is 2.11. The van der Waals surface area contributed by atoms with Crippen LogP contribution in [0.3, 0.4) is 0 Å². The lowest BCUT2D eigenvalue weighted by Gasteiger charge is -2.25. The topological polar surface area (TPSA) is 58.3 Å². The molecule has 0 spiro atoms. The van der Waals surface area contributed by atoms with Crippen molar-refractivity contribution in [3.05, 3.63) is 71.8 Å². The van der Waals surface area contributed by atoms with Crippen molar-refractivity contribution in [3.63, 3.8) is 0 Å². The summed E-state index contributed by atoms with van der Waals surface area (Å²) >= 11 is 0. The van der Waals surface area contributed by atoms with Crippen molar-refractivity contribution in [2.75, 3.05) is 13.1 Å². The molecule has 3 nitrogen and oxygen atoms in total. The van der Waals surface area contributed by atoms with Crippen LogP contribution in [0.4, 0.5) is 0 Å². The van der Waals surface area contributed by atoms with E-state index in [4.69, 9.17) is 5.73 Å². The zero-order chi connectivity index (χ0) is 14.9. The first-order valence-corrected chi connectivity index (χ1v) is 7.54. The minimum absolute atomic E-state index is 0.105. The molecule has 112 valence electrons. The normalized spacial score (nSPS) is 13.8. The molecule has 0 saturated heterocycles. The fraction of sp³-hybridized carbons (Fsp3) is 0.333. The van der Waals surface area contributed by atoms with Gasteiger partial charge in [-0.15, -0.1) is 0 Å². The molecule has 2 aromatic carbocycles. The Morgan fingerprint density at radius 3 is 2.00 bits per heavy atom. The van der Waals surface area contributed by atoms with Crippen LogP contribution in [0.15, 0.2) is 60.7 Å². The summed E-state index contributed by atoms with van der Waals surface area (Å²) in [5.41, 5.74) is 7.56. The van der Waals surface area contributed by atoms with Gasteiger partial charge in [0.1, 0.15) is 0 Å². The van der Waals surface area contributed by atoms with Crippen molar-refractivity contribution < 1.29 is 5.11 Å². The average molecular weight is 284 g/mol. The van der Waals surface area contributed by atoms with Crippen LogP contribution in [0.5, 0.6) is 0 Å². The molecule has 0 bridgehead atoms. The number of unbranched alkanes of at least 4 members (excludes halogenated alkanes) is 1. The fourth-order valence-corrected chi connectivity index (χ4v) is 2.44. The molecular formula is C18H24N2O. The molecule has 0 saturated carbocycles. The predicted octanol–water partition coefficient (Wildman–Crippen LogP) is 2.79. The van der Waals surface area contributed by atoms with Gasteiger partial charge in [0, 0.05) is 0 Å². The SMILES string of the molecule is NCCCCN[C@@H](c1ccccc1)[C@@H](O)c1ccccc1. The molecule has 2 aromatic rings. The smallest absolute Gasteiger partial charge is 0.0984 e. The highest BCUT2D eigenvalue weighted by molar-refractivity contribution is 5.26. The molecule has 21 heavy (non-hydrogen) atoms. The van der Waals surface area contributed by atoms with E-state index in [0.717, 1.165) is 30.5 Å². The van der Waals surface area contributed by atoms with E-state index in [1.54, 1.807) is 0 Å². The van der Waals surface area contributed by atoms with Crippen LogP contribution >= 0.6 is 0 Å². The van der Waals surface area contributed by atoms with Crippen LogP contribution in [0.25, 0.3) is 0 Å². The molecule has 0 aliphatic rings. The zero-order valence-electron chi connectivity index (χ0n) is 12.3. The third-order valence-electron chi connectivity index (χ3n) is 3.61. The summed E-state index contributed by atoms with van der Waals surface area (Å²) < 4.78 is 0. The van der Waals surface area contributed by atoms with Crippen LogP contribution in [-0.4, -0.2) is 18.2 Å². The summed E-state index contributed by atoms with van der Waals surface area (Å²) in [5, 5.41) is 14.2. The maximum absolute atomic E-state index is 10.7. The lowest BCUT2D eigenvalue weighted by atomic mass is 9.95. The van der Waals surface area contributed by atoms with Gasteiger partial charge in [0.25, 0.3) is 0 Å². The molecule has 0 aromatic heterocycles. The summed E-state index contributed by atoms with van der Waals surface area (Å²) in [7, 11) is 0. The highest BCUT2D eigenvalue weighted by atomic mass is 16.3. The Hall–Kier alpha value is -1.68. The van der Waals surface area contributed by atoms with Crippen LogP contribution in [0.2, 0.25) is 0 Å². The van der Waals surface area contributed by atoms with Crippen LogP contribution in [0.1, 0.15) is 36.1 Å². The monoisotopic (exact) mass is 284 g/mol. The Labute approximate surface area is 126 Å². The number of hydrogen-bond acceptors (Lipinski definition) is 3. The zero-order valence-corrected chi connectivity index (χ0v) is 12.3. The lowest BCUT2D eigenvalue weighted by molar-refractivity contribution is 0.128. The standard InChI is InChI=1S/C18H24N2O/c19-13-7-8-14-20-17(15-9-3-1-4-10-15)18(21)16-11-5-2-6-12-16/h1-6,9-12,17-18,20-21H,7-8,13-14,19H2/t17-,18-/m0/s1. The third-order valence-corrected chi connectivity index (χ3v) is 3.61. The van der Waals surface area contributed by atoms with E-state index >= 15 is 0 Å². The van der Waals surface area contributed by atoms with Crippen LogP contribution < -0.4 is 11.1 Å². The quantitative estimate of drug-likeness (QED) is 0.653. The Morgan fingerprint density at radius 1 is 0.857 bits per heavy atom. The Bertz CT molecular complexity index is 501. The average Bonchev–Trinajstić information content (AvgIpc) is 2.56. The molecule has 0 fully saturated rings. The Kier molecular flexibility index (Phi) is 6.41. The summed E-state index contributed by atoms with van der Waals surface area (Å²) in [4.78, 5) is 0. The van der Waals surface area contributed by atoms with Crippen molar-refractivity contribution in [1.29, 1.82) is 0 Å². The number of nitrogens with two attached hydrogens (primary N) is 1. The van der Waals surface area contributed by atoms with E-state index in [1.807, 2.05) is 60.7 Å². The summed E-state index contributed by atoms with van der Waals surface area (Å²) in [6.07, 6.45) is 1.45. The van der Waals surface area contributed by atoms with Gasteiger partial charge in [0.2, 0.25) is 0 Å². The van der Waals surface area contributed by atoms with Gasteiger partial charge in [-0.25, -0.2) is 0 Å². The first kappa shape index (κ1) is 15.7. The molecule has 0 aliphatic carbocycles. The van der Waals surface area contributed by atoms with Crippen molar-refractivity contribution in [2.24, 2.45) is 5.73 Å². The summed E-state index contributed by atoms with van der Waals surface area (Å²) in [5.74, 6) is 0. The van der Waals surface area contributed by atoms with E-state index in [9.17, 15) is 5.11 Å². The highest BCUT2D eigenvalue weighted by Gasteiger charge is 2.21. The molecule has 0 heterocycles. The number of rotatable bonds is 8. The van der Waals surface area contributed by atoms with Gasteiger partial charge in [0.15, 0.2) is 0 Å². The lowest BCUT2D eigenvalue weighted by Crippen LogP contribution is -2.28. The van der Waals surface area contributed by atoms with Crippen molar-refractivity contribution in [2.45, 2.75) is 25.0 Å². The molecule has 2 atom stereocenters. The molecule has 0 aliphatic heterocycles. The molecule has 4 N–H and O–H groups in total. The molecule has 3 heteroatoms. The summed E-state index contributed by atoms with van der Waals surface area (Å²) in [6, 6.07) is 19.8. The molecule has 0 radical (unpaired) electrons. The van der Waals surface area contributed by atoms with Gasteiger partial charge < -0.3 is 16.2 Å². The van der Waals surface area contributed by atoms with Crippen molar-refractivity contribution in [1.82, 2.24) is 5.32 Å². The second-order valence-electron chi connectivity index (χ2n) is 5.19. The predicted molar refractivity (Wildman–Crippen MR) is 86.9 cm³/mol. The number of benzene rings is 2. The first-order valence-electron chi connectivity index (χ1n) is 7.54. The summed E-state index contributed by atoms with van der Waals surface area (Å²) in [6.45, 7) is 1.56. The maximum Gasteiger partial charge on any atom is 0.0984 e. The number of nitrogens with one attached hydrogen (secondary N) is 1. The minimum Gasteiger partial charge on any atom is -0.386 e. The van der Waals surface area contributed by atoms with Gasteiger partial charge in [0.05, 0.1) is 12.1 Å². The van der Waals surface area contributed by atoms with E-state index in [2.05, 4.69) is 5.32 Å². The van der Waals surface area contributed by atoms with Crippen molar-refractivity contribution in [3.8, 4) is 0 Å². The van der Waals surface area contributed by atoms with E-state index in [-0.39, 0.29) is 6.04 Å². The van der Waals surface area contributed by atoms with E-state index < -0.39 is 6.10 Å². The van der Waals surface area contributed by atoms with Gasteiger partial charge in [-0.2, -0.15) is 0 Å². The molecule has 0 unspecified atom stereocenters. The largest absolute Gasteiger partial charge is 0.386 e. The van der Waals surface area contributed by atoms with Gasteiger partial charge in [-0.05, 0) is 37.1 Å². The number of hydrogen-bond donors (Lipinski definition) is 3. The number of aliphatic hydroxyl groups excluding tert-OH is 1. The minimum atomic E-state index is -0.563. The second-order valence-corrected chi connectivity index (χ2v) is 5.19. The van der Waals surface area contributed by atoms with Crippen LogP contribution in [0, 0.1) is 0 Å². The molecular weight excluding hydrogens is 260 g/mol. The third kappa shape index (κ3) is 4.67. The molecule has 2 rings (SSSR count). The molecule has 0 amide bonds. The van der Waals surface area contributed by atoms with Gasteiger partial charge in [-0.3, -0.25) is 0 Å². The fourth-order valence-electron chi connectivity index (χ4n) is 2.44. The van der Waals surface area contributed by atoms with Crippen LogP contribution in [-0.2, 0) is 0 Å². The number of aliphatic hydroxyl groups is 1. The maximum atomic E-state index is 10.7. The highest BCUT2D eigenvalue weighted by Crippen LogP contribution is 2.28. The Morgan fingerprint density at radius 2 is 1.43 bits per heavy atom. The second kappa shape index (κ2) is 8.57. The van der Waals surface area contributed by atoms with E-state index in [0.29, 0.717) is 6.54 Å². The van der Waals surface area contributed by atoms with Crippen molar-refractivity contribution >= 4 is 0 Å². The first-order chi connectivity index (χ1) is 10.3.